The molecule has 4 atom stereocenters. The second-order valence-corrected chi connectivity index (χ2v) is 7.83. The highest BCUT2D eigenvalue weighted by molar-refractivity contribution is 5.87. The average Bonchev–Trinajstić information content (AvgIpc) is 2.99. The van der Waals surface area contributed by atoms with Crippen molar-refractivity contribution in [3.63, 3.8) is 0 Å². The maximum atomic E-state index is 13.1. The number of benzene rings is 1. The van der Waals surface area contributed by atoms with Crippen LogP contribution in [-0.4, -0.2) is 30.3 Å². The Morgan fingerprint density at radius 1 is 1.32 bits per heavy atom. The first kappa shape index (κ1) is 18.6. The molecule has 1 aromatic carbocycles. The first-order chi connectivity index (χ1) is 11.6. The van der Waals surface area contributed by atoms with Crippen LogP contribution in [0.25, 0.3) is 0 Å². The number of carbonyl (C=O) groups excluding carboxylic acids is 1. The summed E-state index contributed by atoms with van der Waals surface area (Å²) in [6.07, 6.45) is 4.55. The summed E-state index contributed by atoms with van der Waals surface area (Å²) in [5.41, 5.74) is 5.53. The molecule has 0 aromatic heterocycles. The summed E-state index contributed by atoms with van der Waals surface area (Å²) in [7, 11) is 0. The summed E-state index contributed by atoms with van der Waals surface area (Å²) in [6.45, 7) is 1.83. The van der Waals surface area contributed by atoms with Crippen LogP contribution in [0, 0.1) is 17.3 Å². The minimum atomic E-state index is -1.48. The Balaban J connectivity index is 0.00000182. The Hall–Kier alpha value is -1.14. The van der Waals surface area contributed by atoms with E-state index < -0.39 is 11.8 Å². The standard InChI is InChI=1S/C19H27N3O2.ClH/c20-16(18-10-15(18)11-21-12-18)22-17(23)19(24,14-8-4-5-9-14)13-6-2-1-3-7-13;/h1-3,6-7,14-16,21,24H,4-5,8-12,20H2,(H,22,23);1H/t15?,16?,18?,19-;/m1./s1. The van der Waals surface area contributed by atoms with Gasteiger partial charge in [-0.05, 0) is 37.3 Å². The lowest BCUT2D eigenvalue weighted by atomic mass is 9.79. The molecule has 1 saturated heterocycles. The van der Waals surface area contributed by atoms with E-state index in [4.69, 9.17) is 5.73 Å². The number of aliphatic hydroxyl groups is 1. The van der Waals surface area contributed by atoms with Gasteiger partial charge in [0, 0.05) is 17.9 Å². The van der Waals surface area contributed by atoms with E-state index in [1.807, 2.05) is 30.3 Å². The first-order valence-corrected chi connectivity index (χ1v) is 9.12. The lowest BCUT2D eigenvalue weighted by Gasteiger charge is -2.35. The van der Waals surface area contributed by atoms with Gasteiger partial charge < -0.3 is 21.5 Å². The molecule has 4 rings (SSSR count). The third-order valence-corrected chi connectivity index (χ3v) is 6.54. The molecule has 2 saturated carbocycles. The zero-order valence-electron chi connectivity index (χ0n) is 14.4. The van der Waals surface area contributed by atoms with E-state index >= 15 is 0 Å². The van der Waals surface area contributed by atoms with Crippen LogP contribution in [0.2, 0.25) is 0 Å². The number of nitrogens with two attached hydrogens (primary N) is 1. The summed E-state index contributed by atoms with van der Waals surface area (Å²) >= 11 is 0. The predicted octanol–water partition coefficient (Wildman–Crippen LogP) is 1.50. The normalized spacial score (nSPS) is 31.5. The van der Waals surface area contributed by atoms with Gasteiger partial charge in [0.15, 0.2) is 5.60 Å². The quantitative estimate of drug-likeness (QED) is 0.595. The molecule has 1 heterocycles. The summed E-state index contributed by atoms with van der Waals surface area (Å²) in [4.78, 5) is 13.1. The van der Waals surface area contributed by atoms with Crippen molar-refractivity contribution in [2.24, 2.45) is 23.0 Å². The molecule has 25 heavy (non-hydrogen) atoms. The van der Waals surface area contributed by atoms with Gasteiger partial charge in [-0.15, -0.1) is 12.4 Å². The van der Waals surface area contributed by atoms with E-state index in [2.05, 4.69) is 10.6 Å². The number of hydrogen-bond donors (Lipinski definition) is 4. The average molecular weight is 366 g/mol. The van der Waals surface area contributed by atoms with Gasteiger partial charge in [-0.25, -0.2) is 0 Å². The molecular weight excluding hydrogens is 338 g/mol. The van der Waals surface area contributed by atoms with Gasteiger partial charge >= 0.3 is 0 Å². The van der Waals surface area contributed by atoms with Crippen molar-refractivity contribution in [1.29, 1.82) is 0 Å². The van der Waals surface area contributed by atoms with Crippen molar-refractivity contribution < 1.29 is 9.90 Å². The molecule has 1 aromatic rings. The lowest BCUT2D eigenvalue weighted by molar-refractivity contribution is -0.148. The topological polar surface area (TPSA) is 87.4 Å². The highest BCUT2D eigenvalue weighted by Crippen LogP contribution is 2.56. The smallest absolute Gasteiger partial charge is 0.258 e. The van der Waals surface area contributed by atoms with Crippen molar-refractivity contribution in [3.8, 4) is 0 Å². The molecule has 3 aliphatic rings. The molecule has 0 bridgehead atoms. The number of fused-ring (bicyclic) bond motifs is 1. The molecule has 5 nitrogen and oxygen atoms in total. The van der Waals surface area contributed by atoms with E-state index in [0.717, 1.165) is 45.2 Å². The molecule has 1 amide bonds. The molecule has 138 valence electrons. The molecule has 2 aliphatic carbocycles. The Morgan fingerprint density at radius 2 is 2.00 bits per heavy atom. The van der Waals surface area contributed by atoms with Crippen LogP contribution < -0.4 is 16.4 Å². The van der Waals surface area contributed by atoms with Crippen molar-refractivity contribution in [2.45, 2.75) is 43.9 Å². The molecule has 0 spiro atoms. The van der Waals surface area contributed by atoms with Crippen LogP contribution in [0.1, 0.15) is 37.7 Å². The number of piperidine rings is 1. The second kappa shape index (κ2) is 6.88. The van der Waals surface area contributed by atoms with Crippen molar-refractivity contribution in [3.05, 3.63) is 35.9 Å². The van der Waals surface area contributed by atoms with Gasteiger partial charge in [-0.3, -0.25) is 4.79 Å². The summed E-state index contributed by atoms with van der Waals surface area (Å²) < 4.78 is 0. The van der Waals surface area contributed by atoms with Crippen molar-refractivity contribution >= 4 is 18.3 Å². The van der Waals surface area contributed by atoms with Crippen molar-refractivity contribution in [1.82, 2.24) is 10.6 Å². The number of carbonyl (C=O) groups is 1. The number of rotatable bonds is 5. The molecule has 6 heteroatoms. The minimum Gasteiger partial charge on any atom is -0.375 e. The number of halogens is 1. The van der Waals surface area contributed by atoms with Gasteiger partial charge in [-0.1, -0.05) is 43.2 Å². The van der Waals surface area contributed by atoms with Crippen LogP contribution in [0.15, 0.2) is 30.3 Å². The Labute approximate surface area is 155 Å². The Kier molecular flexibility index (Phi) is 5.13. The summed E-state index contributed by atoms with van der Waals surface area (Å²) in [5, 5.41) is 17.8. The first-order valence-electron chi connectivity index (χ1n) is 9.12. The molecule has 3 unspecified atom stereocenters. The van der Waals surface area contributed by atoms with Gasteiger partial charge in [0.2, 0.25) is 0 Å². The molecule has 1 aliphatic heterocycles. The zero-order chi connectivity index (χ0) is 16.8. The molecule has 0 radical (unpaired) electrons. The van der Waals surface area contributed by atoms with Gasteiger partial charge in [-0.2, -0.15) is 0 Å². The summed E-state index contributed by atoms with van der Waals surface area (Å²) in [5.74, 6) is 0.186. The fourth-order valence-electron chi connectivity index (χ4n) is 4.84. The monoisotopic (exact) mass is 365 g/mol. The van der Waals surface area contributed by atoms with Crippen LogP contribution in [0.5, 0.6) is 0 Å². The van der Waals surface area contributed by atoms with Crippen LogP contribution in [-0.2, 0) is 10.4 Å². The van der Waals surface area contributed by atoms with Crippen molar-refractivity contribution in [2.75, 3.05) is 13.1 Å². The van der Waals surface area contributed by atoms with E-state index in [0.29, 0.717) is 11.5 Å². The van der Waals surface area contributed by atoms with Crippen LogP contribution >= 0.6 is 12.4 Å². The van der Waals surface area contributed by atoms with E-state index in [-0.39, 0.29) is 29.6 Å². The largest absolute Gasteiger partial charge is 0.375 e. The van der Waals surface area contributed by atoms with Gasteiger partial charge in [0.05, 0.1) is 6.17 Å². The van der Waals surface area contributed by atoms with E-state index in [9.17, 15) is 9.90 Å². The number of nitrogens with one attached hydrogen (secondary N) is 2. The fourth-order valence-corrected chi connectivity index (χ4v) is 4.84. The highest BCUT2D eigenvalue weighted by Gasteiger charge is 2.61. The summed E-state index contributed by atoms with van der Waals surface area (Å²) in [6, 6.07) is 9.34. The third kappa shape index (κ3) is 2.97. The fraction of sp³-hybridized carbons (Fsp3) is 0.632. The second-order valence-electron chi connectivity index (χ2n) is 7.83. The molecular formula is C19H28ClN3O2. The SMILES string of the molecule is Cl.NC(NC(=O)[C@@](O)(c1ccccc1)C1CCCC1)C12CNCC1C2. The molecule has 3 fully saturated rings. The van der Waals surface area contributed by atoms with E-state index in [1.165, 1.54) is 0 Å². The third-order valence-electron chi connectivity index (χ3n) is 6.54. The van der Waals surface area contributed by atoms with Crippen LogP contribution in [0.3, 0.4) is 0 Å². The number of hydrogen-bond acceptors (Lipinski definition) is 4. The Morgan fingerprint density at radius 3 is 2.56 bits per heavy atom. The van der Waals surface area contributed by atoms with E-state index in [1.54, 1.807) is 0 Å². The van der Waals surface area contributed by atoms with Gasteiger partial charge in [0.1, 0.15) is 0 Å². The van der Waals surface area contributed by atoms with Gasteiger partial charge in [0.25, 0.3) is 5.91 Å². The maximum Gasteiger partial charge on any atom is 0.258 e. The maximum absolute atomic E-state index is 13.1. The zero-order valence-corrected chi connectivity index (χ0v) is 15.2. The highest BCUT2D eigenvalue weighted by atomic mass is 35.5. The van der Waals surface area contributed by atoms with Crippen LogP contribution in [0.4, 0.5) is 0 Å². The Bertz CT molecular complexity index is 622. The predicted molar refractivity (Wildman–Crippen MR) is 99.1 cm³/mol. The molecule has 5 N–H and O–H groups in total. The minimum absolute atomic E-state index is 0. The number of amides is 1. The lowest BCUT2D eigenvalue weighted by Crippen LogP contribution is -2.57.